The number of hydrogen-bond donors (Lipinski definition) is 2. The van der Waals surface area contributed by atoms with Gasteiger partial charge in [0.15, 0.2) is 11.5 Å². The summed E-state index contributed by atoms with van der Waals surface area (Å²) >= 11 is 3.37. The van der Waals surface area contributed by atoms with Crippen LogP contribution in [0.15, 0.2) is 46.9 Å². The Labute approximate surface area is 131 Å². The first-order valence-electron chi connectivity index (χ1n) is 6.45. The largest absolute Gasteiger partial charge is 0.504 e. The summed E-state index contributed by atoms with van der Waals surface area (Å²) in [7, 11) is 1.45. The number of para-hydroxylation sites is 1. The second-order valence-corrected chi connectivity index (χ2v) is 5.52. The standard InChI is InChI=1S/C16H16BrNO3/c1-10(11-6-8-12(17)9-7-11)18-16(20)13-4-3-5-14(21-2)15(13)19/h3-10,19H,1-2H3,(H,18,20). The molecule has 1 unspecified atom stereocenters. The Morgan fingerprint density at radius 1 is 1.24 bits per heavy atom. The lowest BCUT2D eigenvalue weighted by Gasteiger charge is -2.15. The molecule has 0 saturated heterocycles. The molecule has 2 rings (SSSR count). The van der Waals surface area contributed by atoms with E-state index < -0.39 is 0 Å². The minimum atomic E-state index is -0.346. The number of hydrogen-bond acceptors (Lipinski definition) is 3. The maximum Gasteiger partial charge on any atom is 0.255 e. The molecule has 0 radical (unpaired) electrons. The van der Waals surface area contributed by atoms with E-state index in [1.165, 1.54) is 7.11 Å². The van der Waals surface area contributed by atoms with Crippen LogP contribution in [-0.4, -0.2) is 18.1 Å². The lowest BCUT2D eigenvalue weighted by Crippen LogP contribution is -2.26. The average molecular weight is 350 g/mol. The summed E-state index contributed by atoms with van der Waals surface area (Å²) in [5.41, 5.74) is 1.17. The van der Waals surface area contributed by atoms with Crippen LogP contribution in [0.2, 0.25) is 0 Å². The molecule has 0 saturated carbocycles. The number of carbonyl (C=O) groups excluding carboxylic acids is 1. The van der Waals surface area contributed by atoms with Gasteiger partial charge in [0.1, 0.15) is 0 Å². The molecule has 0 aromatic heterocycles. The van der Waals surface area contributed by atoms with Gasteiger partial charge in [0.05, 0.1) is 18.7 Å². The molecule has 2 aromatic carbocycles. The average Bonchev–Trinajstić information content (AvgIpc) is 2.48. The van der Waals surface area contributed by atoms with Gasteiger partial charge in [-0.2, -0.15) is 0 Å². The molecule has 21 heavy (non-hydrogen) atoms. The zero-order valence-corrected chi connectivity index (χ0v) is 13.3. The summed E-state index contributed by atoms with van der Waals surface area (Å²) in [6, 6.07) is 12.4. The molecule has 0 heterocycles. The Kier molecular flexibility index (Phi) is 4.85. The predicted molar refractivity (Wildman–Crippen MR) is 84.7 cm³/mol. The minimum absolute atomic E-state index is 0.152. The lowest BCUT2D eigenvalue weighted by atomic mass is 10.1. The van der Waals surface area contributed by atoms with E-state index >= 15 is 0 Å². The third kappa shape index (κ3) is 3.55. The molecular weight excluding hydrogens is 334 g/mol. The molecule has 1 atom stereocenters. The van der Waals surface area contributed by atoms with Crippen molar-refractivity contribution in [2.75, 3.05) is 7.11 Å². The molecule has 110 valence electrons. The fourth-order valence-electron chi connectivity index (χ4n) is 1.98. The van der Waals surface area contributed by atoms with Crippen LogP contribution >= 0.6 is 15.9 Å². The SMILES string of the molecule is COc1cccc(C(=O)NC(C)c2ccc(Br)cc2)c1O. The number of benzene rings is 2. The van der Waals surface area contributed by atoms with Crippen LogP contribution in [-0.2, 0) is 0 Å². The van der Waals surface area contributed by atoms with Crippen LogP contribution in [0.25, 0.3) is 0 Å². The van der Waals surface area contributed by atoms with Gasteiger partial charge in [-0.05, 0) is 36.8 Å². The van der Waals surface area contributed by atoms with Gasteiger partial charge in [0, 0.05) is 4.47 Å². The quantitative estimate of drug-likeness (QED) is 0.885. The first kappa shape index (κ1) is 15.4. The van der Waals surface area contributed by atoms with Crippen molar-refractivity contribution in [1.29, 1.82) is 0 Å². The highest BCUT2D eigenvalue weighted by Crippen LogP contribution is 2.29. The second-order valence-electron chi connectivity index (χ2n) is 4.60. The lowest BCUT2D eigenvalue weighted by molar-refractivity contribution is 0.0936. The highest BCUT2D eigenvalue weighted by molar-refractivity contribution is 9.10. The molecule has 1 amide bonds. The van der Waals surface area contributed by atoms with E-state index in [2.05, 4.69) is 21.2 Å². The summed E-state index contributed by atoms with van der Waals surface area (Å²) in [4.78, 5) is 12.2. The number of rotatable bonds is 4. The molecule has 0 bridgehead atoms. The highest BCUT2D eigenvalue weighted by atomic mass is 79.9. The second kappa shape index (κ2) is 6.63. The van der Waals surface area contributed by atoms with Crippen molar-refractivity contribution in [2.24, 2.45) is 0 Å². The molecule has 0 spiro atoms. The number of halogens is 1. The zero-order chi connectivity index (χ0) is 15.4. The Morgan fingerprint density at radius 3 is 2.52 bits per heavy atom. The monoisotopic (exact) mass is 349 g/mol. The smallest absolute Gasteiger partial charge is 0.255 e. The zero-order valence-electron chi connectivity index (χ0n) is 11.8. The fourth-order valence-corrected chi connectivity index (χ4v) is 2.24. The molecule has 0 aliphatic heterocycles. The first-order chi connectivity index (χ1) is 10.0. The summed E-state index contributed by atoms with van der Waals surface area (Å²) in [6.45, 7) is 1.89. The van der Waals surface area contributed by atoms with Crippen LogP contribution in [0.4, 0.5) is 0 Å². The molecule has 4 nitrogen and oxygen atoms in total. The third-order valence-electron chi connectivity index (χ3n) is 3.18. The summed E-state index contributed by atoms with van der Waals surface area (Å²) in [5.74, 6) is -0.221. The molecule has 0 aliphatic carbocycles. The molecule has 5 heteroatoms. The van der Waals surface area contributed by atoms with Crippen LogP contribution in [0.1, 0.15) is 28.9 Å². The normalized spacial score (nSPS) is 11.8. The van der Waals surface area contributed by atoms with Crippen LogP contribution < -0.4 is 10.1 Å². The number of aromatic hydroxyl groups is 1. The maximum absolute atomic E-state index is 12.2. The van der Waals surface area contributed by atoms with E-state index in [1.807, 2.05) is 31.2 Å². The molecular formula is C16H16BrNO3. The van der Waals surface area contributed by atoms with Crippen LogP contribution in [0.3, 0.4) is 0 Å². The van der Waals surface area contributed by atoms with E-state index in [0.29, 0.717) is 0 Å². The van der Waals surface area contributed by atoms with Crippen molar-refractivity contribution in [3.8, 4) is 11.5 Å². The van der Waals surface area contributed by atoms with E-state index in [0.717, 1.165) is 10.0 Å². The van der Waals surface area contributed by atoms with Crippen molar-refractivity contribution < 1.29 is 14.6 Å². The van der Waals surface area contributed by atoms with Crippen molar-refractivity contribution in [2.45, 2.75) is 13.0 Å². The Bertz CT molecular complexity index is 640. The first-order valence-corrected chi connectivity index (χ1v) is 7.24. The predicted octanol–water partition coefficient (Wildman–Crippen LogP) is 3.65. The molecule has 0 aliphatic rings. The van der Waals surface area contributed by atoms with Gasteiger partial charge in [-0.25, -0.2) is 0 Å². The third-order valence-corrected chi connectivity index (χ3v) is 3.71. The Morgan fingerprint density at radius 2 is 1.90 bits per heavy atom. The minimum Gasteiger partial charge on any atom is -0.504 e. The van der Waals surface area contributed by atoms with Crippen LogP contribution in [0.5, 0.6) is 11.5 Å². The van der Waals surface area contributed by atoms with Gasteiger partial charge in [-0.3, -0.25) is 4.79 Å². The number of ether oxygens (including phenoxy) is 1. The van der Waals surface area contributed by atoms with Crippen LogP contribution in [0, 0.1) is 0 Å². The summed E-state index contributed by atoms with van der Waals surface area (Å²) < 4.78 is 5.99. The number of phenols is 1. The Hall–Kier alpha value is -2.01. The summed E-state index contributed by atoms with van der Waals surface area (Å²) in [5, 5.41) is 12.8. The van der Waals surface area contributed by atoms with E-state index in [-0.39, 0.29) is 29.0 Å². The summed E-state index contributed by atoms with van der Waals surface area (Å²) in [6.07, 6.45) is 0. The maximum atomic E-state index is 12.2. The Balaban J connectivity index is 2.16. The molecule has 0 fully saturated rings. The fraction of sp³-hybridized carbons (Fsp3) is 0.188. The topological polar surface area (TPSA) is 58.6 Å². The van der Waals surface area contributed by atoms with Crippen molar-refractivity contribution in [1.82, 2.24) is 5.32 Å². The van der Waals surface area contributed by atoms with Gasteiger partial charge in [0.2, 0.25) is 0 Å². The van der Waals surface area contributed by atoms with E-state index in [1.54, 1.807) is 18.2 Å². The van der Waals surface area contributed by atoms with Crippen molar-refractivity contribution in [3.05, 3.63) is 58.1 Å². The van der Waals surface area contributed by atoms with Crippen molar-refractivity contribution in [3.63, 3.8) is 0 Å². The highest BCUT2D eigenvalue weighted by Gasteiger charge is 2.17. The number of amides is 1. The molecule has 2 aromatic rings. The van der Waals surface area contributed by atoms with Gasteiger partial charge in [0.25, 0.3) is 5.91 Å². The van der Waals surface area contributed by atoms with E-state index in [9.17, 15) is 9.90 Å². The van der Waals surface area contributed by atoms with Gasteiger partial charge < -0.3 is 15.2 Å². The number of carbonyl (C=O) groups is 1. The number of nitrogens with one attached hydrogen (secondary N) is 1. The van der Waals surface area contributed by atoms with Crippen molar-refractivity contribution >= 4 is 21.8 Å². The number of phenolic OH excluding ortho intramolecular Hbond substituents is 1. The van der Waals surface area contributed by atoms with Gasteiger partial charge in [-0.15, -0.1) is 0 Å². The van der Waals surface area contributed by atoms with E-state index in [4.69, 9.17) is 4.74 Å². The molecule has 2 N–H and O–H groups in total. The number of methoxy groups -OCH3 is 1. The van der Waals surface area contributed by atoms with Gasteiger partial charge >= 0.3 is 0 Å². The van der Waals surface area contributed by atoms with Gasteiger partial charge in [-0.1, -0.05) is 34.1 Å².